The van der Waals surface area contributed by atoms with E-state index in [0.717, 1.165) is 5.56 Å². The van der Waals surface area contributed by atoms with E-state index in [0.29, 0.717) is 17.7 Å². The first-order valence-corrected chi connectivity index (χ1v) is 8.10. The van der Waals surface area contributed by atoms with Crippen LogP contribution in [-0.2, 0) is 11.3 Å². The Balaban J connectivity index is 1.61. The van der Waals surface area contributed by atoms with E-state index < -0.39 is 17.9 Å². The lowest BCUT2D eigenvalue weighted by atomic mass is 10.1. The number of hydrogen-bond acceptors (Lipinski definition) is 4. The van der Waals surface area contributed by atoms with Gasteiger partial charge in [0.25, 0.3) is 0 Å². The summed E-state index contributed by atoms with van der Waals surface area (Å²) in [7, 11) is 0. The average molecular weight is 352 g/mol. The number of nitrogens with zero attached hydrogens (tertiary/aromatic N) is 2. The third-order valence-electron chi connectivity index (χ3n) is 3.88. The molecule has 3 rings (SSSR count). The van der Waals surface area contributed by atoms with Crippen molar-refractivity contribution in [3.63, 3.8) is 0 Å². The van der Waals surface area contributed by atoms with E-state index in [1.165, 1.54) is 31.2 Å². The maximum absolute atomic E-state index is 12.9. The van der Waals surface area contributed by atoms with Gasteiger partial charge in [0.15, 0.2) is 6.10 Å². The highest BCUT2D eigenvalue weighted by Crippen LogP contribution is 2.12. The quantitative estimate of drug-likeness (QED) is 0.503. The van der Waals surface area contributed by atoms with Crippen molar-refractivity contribution in [1.29, 1.82) is 0 Å². The lowest BCUT2D eigenvalue weighted by Gasteiger charge is -2.12. The van der Waals surface area contributed by atoms with E-state index in [4.69, 9.17) is 4.74 Å². The van der Waals surface area contributed by atoms with Crippen molar-refractivity contribution in [3.8, 4) is 0 Å². The summed E-state index contributed by atoms with van der Waals surface area (Å²) in [5.41, 5.74) is 1.63. The van der Waals surface area contributed by atoms with Crippen molar-refractivity contribution in [3.05, 3.63) is 89.5 Å². The second-order valence-corrected chi connectivity index (χ2v) is 5.82. The zero-order valence-electron chi connectivity index (χ0n) is 14.1. The topological polar surface area (TPSA) is 61.2 Å². The zero-order chi connectivity index (χ0) is 18.5. The molecule has 0 aliphatic carbocycles. The largest absolute Gasteiger partial charge is 0.451 e. The van der Waals surface area contributed by atoms with E-state index in [-0.39, 0.29) is 5.78 Å². The van der Waals surface area contributed by atoms with Crippen LogP contribution in [0.2, 0.25) is 0 Å². The average Bonchev–Trinajstić information content (AvgIpc) is 3.15. The highest BCUT2D eigenvalue weighted by atomic mass is 19.1. The summed E-state index contributed by atoms with van der Waals surface area (Å²) in [6, 6.07) is 13.9. The van der Waals surface area contributed by atoms with E-state index in [1.54, 1.807) is 23.0 Å². The summed E-state index contributed by atoms with van der Waals surface area (Å²) < 4.78 is 19.9. The van der Waals surface area contributed by atoms with Gasteiger partial charge in [-0.1, -0.05) is 12.1 Å². The number of ketones is 1. The van der Waals surface area contributed by atoms with Gasteiger partial charge in [-0.05, 0) is 55.0 Å². The van der Waals surface area contributed by atoms with Crippen LogP contribution in [-0.4, -0.2) is 27.6 Å². The van der Waals surface area contributed by atoms with Gasteiger partial charge in [-0.25, -0.2) is 9.18 Å². The van der Waals surface area contributed by atoms with Crippen LogP contribution >= 0.6 is 0 Å². The predicted octanol–water partition coefficient (Wildman–Crippen LogP) is 3.50. The minimum Gasteiger partial charge on any atom is -0.451 e. The normalized spacial score (nSPS) is 11.8. The van der Waals surface area contributed by atoms with Crippen molar-refractivity contribution in [2.75, 3.05) is 0 Å². The third kappa shape index (κ3) is 4.22. The van der Waals surface area contributed by atoms with Gasteiger partial charge in [0.2, 0.25) is 5.78 Å². The number of carbonyl (C=O) groups is 2. The Labute approximate surface area is 150 Å². The lowest BCUT2D eigenvalue weighted by Crippen LogP contribution is -2.24. The van der Waals surface area contributed by atoms with E-state index in [9.17, 15) is 14.0 Å². The number of benzene rings is 2. The summed E-state index contributed by atoms with van der Waals surface area (Å²) in [6.45, 7) is 2.09. The van der Waals surface area contributed by atoms with E-state index in [1.807, 2.05) is 24.4 Å². The minimum atomic E-state index is -0.961. The van der Waals surface area contributed by atoms with Crippen LogP contribution < -0.4 is 0 Å². The fourth-order valence-corrected chi connectivity index (χ4v) is 2.46. The number of hydrogen-bond donors (Lipinski definition) is 0. The summed E-state index contributed by atoms with van der Waals surface area (Å²) in [5, 5.41) is 4.13. The SMILES string of the molecule is C[C@H](OC(=O)c1ccc(Cn2cccn2)cc1)C(=O)c1ccc(F)cc1. The van der Waals surface area contributed by atoms with Gasteiger partial charge >= 0.3 is 5.97 Å². The number of halogens is 1. The number of aromatic nitrogens is 2. The molecule has 0 fully saturated rings. The van der Waals surface area contributed by atoms with Gasteiger partial charge in [0, 0.05) is 18.0 Å². The van der Waals surface area contributed by atoms with Crippen molar-refractivity contribution >= 4 is 11.8 Å². The molecule has 1 heterocycles. The summed E-state index contributed by atoms with van der Waals surface area (Å²) in [4.78, 5) is 24.5. The number of rotatable bonds is 6. The summed E-state index contributed by atoms with van der Waals surface area (Å²) >= 11 is 0. The smallest absolute Gasteiger partial charge is 0.338 e. The van der Waals surface area contributed by atoms with Crippen LogP contribution in [0.1, 0.15) is 33.2 Å². The highest BCUT2D eigenvalue weighted by molar-refractivity contribution is 6.01. The second kappa shape index (κ2) is 7.74. The first kappa shape index (κ1) is 17.5. The van der Waals surface area contributed by atoms with Gasteiger partial charge < -0.3 is 4.74 Å². The van der Waals surface area contributed by atoms with Crippen LogP contribution in [0.4, 0.5) is 4.39 Å². The highest BCUT2D eigenvalue weighted by Gasteiger charge is 2.20. The zero-order valence-corrected chi connectivity index (χ0v) is 14.1. The van der Waals surface area contributed by atoms with Crippen LogP contribution in [0.25, 0.3) is 0 Å². The van der Waals surface area contributed by atoms with Crippen LogP contribution in [0, 0.1) is 5.82 Å². The molecule has 0 unspecified atom stereocenters. The van der Waals surface area contributed by atoms with Crippen molar-refractivity contribution in [1.82, 2.24) is 9.78 Å². The molecule has 6 heteroatoms. The number of ether oxygens (including phenoxy) is 1. The molecule has 0 aliphatic heterocycles. The minimum absolute atomic E-state index is 0.293. The first-order valence-electron chi connectivity index (χ1n) is 8.10. The molecule has 0 N–H and O–H groups in total. The van der Waals surface area contributed by atoms with E-state index in [2.05, 4.69) is 5.10 Å². The molecule has 0 saturated heterocycles. The molecule has 0 bridgehead atoms. The molecular weight excluding hydrogens is 335 g/mol. The monoisotopic (exact) mass is 352 g/mol. The molecular formula is C20H17FN2O3. The fraction of sp³-hybridized carbons (Fsp3) is 0.150. The summed E-state index contributed by atoms with van der Waals surface area (Å²) in [5.74, 6) is -1.39. The van der Waals surface area contributed by atoms with E-state index >= 15 is 0 Å². The Bertz CT molecular complexity index is 888. The Hall–Kier alpha value is -3.28. The van der Waals surface area contributed by atoms with Crippen LogP contribution in [0.3, 0.4) is 0 Å². The molecule has 0 amide bonds. The predicted molar refractivity (Wildman–Crippen MR) is 93.4 cm³/mol. The number of esters is 1. The molecule has 0 saturated carbocycles. The van der Waals surface area contributed by atoms with Gasteiger partial charge in [-0.15, -0.1) is 0 Å². The molecule has 2 aromatic carbocycles. The van der Waals surface area contributed by atoms with Gasteiger partial charge in [-0.2, -0.15) is 5.10 Å². The molecule has 3 aromatic rings. The molecule has 26 heavy (non-hydrogen) atoms. The van der Waals surface area contributed by atoms with Gasteiger partial charge in [0.05, 0.1) is 12.1 Å². The van der Waals surface area contributed by atoms with Gasteiger partial charge in [0.1, 0.15) is 5.82 Å². The molecule has 0 spiro atoms. The maximum atomic E-state index is 12.9. The van der Waals surface area contributed by atoms with Gasteiger partial charge in [-0.3, -0.25) is 9.48 Å². The Kier molecular flexibility index (Phi) is 5.22. The maximum Gasteiger partial charge on any atom is 0.338 e. The molecule has 132 valence electrons. The summed E-state index contributed by atoms with van der Waals surface area (Å²) in [6.07, 6.45) is 2.59. The van der Waals surface area contributed by atoms with Crippen LogP contribution in [0.15, 0.2) is 67.0 Å². The number of Topliss-reactive ketones (excluding diaryl/α,β-unsaturated/α-hetero) is 1. The van der Waals surface area contributed by atoms with Crippen molar-refractivity contribution < 1.29 is 18.7 Å². The molecule has 1 aromatic heterocycles. The van der Waals surface area contributed by atoms with Crippen molar-refractivity contribution in [2.45, 2.75) is 19.6 Å². The second-order valence-electron chi connectivity index (χ2n) is 5.82. The number of carbonyl (C=O) groups excluding carboxylic acids is 2. The Morgan fingerprint density at radius 1 is 1.08 bits per heavy atom. The Morgan fingerprint density at radius 3 is 2.35 bits per heavy atom. The standard InChI is InChI=1S/C20H17FN2O3/c1-14(19(24)16-7-9-18(21)10-8-16)26-20(25)17-5-3-15(4-6-17)13-23-12-2-11-22-23/h2-12,14H,13H2,1H3/t14-/m0/s1. The fourth-order valence-electron chi connectivity index (χ4n) is 2.46. The molecule has 0 aliphatic rings. The van der Waals surface area contributed by atoms with Crippen molar-refractivity contribution in [2.24, 2.45) is 0 Å². The first-order chi connectivity index (χ1) is 12.5. The Morgan fingerprint density at radius 2 is 1.73 bits per heavy atom. The lowest BCUT2D eigenvalue weighted by molar-refractivity contribution is 0.0319. The third-order valence-corrected chi connectivity index (χ3v) is 3.88. The van der Waals surface area contributed by atoms with Crippen LogP contribution in [0.5, 0.6) is 0 Å². The molecule has 0 radical (unpaired) electrons. The molecule has 1 atom stereocenters. The molecule has 5 nitrogen and oxygen atoms in total.